The fraction of sp³-hybridized carbons (Fsp3) is 0.0952. The van der Waals surface area contributed by atoms with Crippen molar-refractivity contribution >= 4 is 22.4 Å². The van der Waals surface area contributed by atoms with Gasteiger partial charge < -0.3 is 9.47 Å². The molecular formula is C21H17N3O3S. The van der Waals surface area contributed by atoms with Gasteiger partial charge in [-0.3, -0.25) is 4.79 Å². The number of fused-ring (bicyclic) bond motifs is 1. The van der Waals surface area contributed by atoms with Crippen LogP contribution in [0.3, 0.4) is 0 Å². The Morgan fingerprint density at radius 3 is 2.68 bits per heavy atom. The normalized spacial score (nSPS) is 11.7. The van der Waals surface area contributed by atoms with E-state index in [1.54, 1.807) is 13.2 Å². The fourth-order valence-corrected chi connectivity index (χ4v) is 3.65. The van der Waals surface area contributed by atoms with Crippen molar-refractivity contribution in [3.05, 3.63) is 81.6 Å². The van der Waals surface area contributed by atoms with Gasteiger partial charge in [0.15, 0.2) is 5.82 Å². The maximum Gasteiger partial charge on any atom is 0.291 e. The van der Waals surface area contributed by atoms with Crippen molar-refractivity contribution in [1.29, 1.82) is 0 Å². The highest BCUT2D eigenvalue weighted by Gasteiger charge is 2.14. The average molecular weight is 391 g/mol. The lowest BCUT2D eigenvalue weighted by atomic mass is 10.2. The van der Waals surface area contributed by atoms with Crippen molar-refractivity contribution in [3.63, 3.8) is 0 Å². The minimum Gasteiger partial charge on any atom is -0.496 e. The van der Waals surface area contributed by atoms with Crippen molar-refractivity contribution in [2.24, 2.45) is 0 Å². The maximum atomic E-state index is 12.7. The van der Waals surface area contributed by atoms with E-state index in [4.69, 9.17) is 9.47 Å². The summed E-state index contributed by atoms with van der Waals surface area (Å²) in [6.45, 7) is 4.08. The molecule has 2 aromatic heterocycles. The van der Waals surface area contributed by atoms with Gasteiger partial charge in [-0.1, -0.05) is 48.3 Å². The summed E-state index contributed by atoms with van der Waals surface area (Å²) in [5, 5.41) is 4.38. The summed E-state index contributed by atoms with van der Waals surface area (Å²) in [5.41, 5.74) is 1.46. The third kappa shape index (κ3) is 3.39. The van der Waals surface area contributed by atoms with Crippen molar-refractivity contribution in [3.8, 4) is 22.9 Å². The molecule has 140 valence electrons. The zero-order chi connectivity index (χ0) is 19.5. The molecule has 0 aliphatic heterocycles. The zero-order valence-electron chi connectivity index (χ0n) is 15.2. The van der Waals surface area contributed by atoms with Gasteiger partial charge >= 0.3 is 0 Å². The second-order valence-electron chi connectivity index (χ2n) is 5.91. The standard InChI is InChI=1S/C21H17N3O3S/c1-3-12-27-15-10-8-14(9-11-15)13-18-20(25)24-21(28-18)22-19(23-24)16-6-4-5-7-17(16)26-2/h3-11,13H,1,12H2,2H3/b18-13-. The monoisotopic (exact) mass is 391 g/mol. The van der Waals surface area contributed by atoms with Crippen LogP contribution in [-0.4, -0.2) is 28.3 Å². The predicted molar refractivity (Wildman–Crippen MR) is 110 cm³/mol. The molecule has 2 aromatic carbocycles. The first-order valence-corrected chi connectivity index (χ1v) is 9.39. The molecule has 0 spiro atoms. The van der Waals surface area contributed by atoms with Crippen LogP contribution in [0, 0.1) is 0 Å². The summed E-state index contributed by atoms with van der Waals surface area (Å²) in [6, 6.07) is 15.0. The number of methoxy groups -OCH3 is 1. The number of benzene rings is 2. The van der Waals surface area contributed by atoms with Gasteiger partial charge in [-0.05, 0) is 35.9 Å². The third-order valence-electron chi connectivity index (χ3n) is 4.08. The molecule has 0 N–H and O–H groups in total. The van der Waals surface area contributed by atoms with Crippen molar-refractivity contribution < 1.29 is 9.47 Å². The van der Waals surface area contributed by atoms with E-state index in [1.165, 1.54) is 15.9 Å². The molecule has 2 heterocycles. The Hall–Kier alpha value is -3.45. The Kier molecular flexibility index (Phi) is 4.90. The summed E-state index contributed by atoms with van der Waals surface area (Å²) in [7, 11) is 1.59. The van der Waals surface area contributed by atoms with E-state index >= 15 is 0 Å². The Balaban J connectivity index is 1.69. The van der Waals surface area contributed by atoms with Gasteiger partial charge in [-0.15, -0.1) is 5.10 Å². The van der Waals surface area contributed by atoms with Crippen LogP contribution in [0.25, 0.3) is 22.4 Å². The molecule has 0 amide bonds. The minimum atomic E-state index is -0.194. The number of nitrogens with zero attached hydrogens (tertiary/aromatic N) is 3. The molecule has 0 saturated carbocycles. The fourth-order valence-electron chi connectivity index (χ4n) is 2.74. The smallest absolute Gasteiger partial charge is 0.291 e. The number of ether oxygens (including phenoxy) is 2. The molecule has 0 saturated heterocycles. The van der Waals surface area contributed by atoms with Gasteiger partial charge in [0.2, 0.25) is 4.96 Å². The average Bonchev–Trinajstić information content (AvgIpc) is 3.27. The van der Waals surface area contributed by atoms with Gasteiger partial charge in [-0.2, -0.15) is 9.50 Å². The number of thiazole rings is 1. The molecule has 0 bridgehead atoms. The van der Waals surface area contributed by atoms with E-state index in [9.17, 15) is 4.79 Å². The van der Waals surface area contributed by atoms with Gasteiger partial charge in [-0.25, -0.2) is 0 Å². The van der Waals surface area contributed by atoms with Crippen LogP contribution in [0.4, 0.5) is 0 Å². The first-order valence-electron chi connectivity index (χ1n) is 8.58. The van der Waals surface area contributed by atoms with Crippen molar-refractivity contribution in [2.75, 3.05) is 13.7 Å². The number of hydrogen-bond acceptors (Lipinski definition) is 6. The SMILES string of the molecule is C=CCOc1ccc(/C=c2\sc3nc(-c4ccccc4OC)nn3c2=O)cc1. The first-order chi connectivity index (χ1) is 13.7. The summed E-state index contributed by atoms with van der Waals surface area (Å²) in [5.74, 6) is 1.89. The molecule has 0 atom stereocenters. The van der Waals surface area contributed by atoms with E-state index in [0.717, 1.165) is 16.9 Å². The van der Waals surface area contributed by atoms with Crippen LogP contribution in [0.15, 0.2) is 66.0 Å². The molecular weight excluding hydrogens is 374 g/mol. The molecule has 0 fully saturated rings. The highest BCUT2D eigenvalue weighted by atomic mass is 32.1. The maximum absolute atomic E-state index is 12.7. The van der Waals surface area contributed by atoms with Crippen LogP contribution in [0.5, 0.6) is 11.5 Å². The molecule has 0 aliphatic carbocycles. The summed E-state index contributed by atoms with van der Waals surface area (Å²) in [4.78, 5) is 17.8. The molecule has 4 aromatic rings. The topological polar surface area (TPSA) is 65.7 Å². The lowest BCUT2D eigenvalue weighted by Gasteiger charge is -2.03. The second kappa shape index (κ2) is 7.66. The van der Waals surface area contributed by atoms with Crippen LogP contribution >= 0.6 is 11.3 Å². The second-order valence-corrected chi connectivity index (χ2v) is 6.92. The van der Waals surface area contributed by atoms with E-state index in [2.05, 4.69) is 16.7 Å². The molecule has 6 nitrogen and oxygen atoms in total. The minimum absolute atomic E-state index is 0.194. The van der Waals surface area contributed by atoms with Gasteiger partial charge in [0, 0.05) is 0 Å². The third-order valence-corrected chi connectivity index (χ3v) is 5.03. The number of hydrogen-bond donors (Lipinski definition) is 0. The molecule has 0 radical (unpaired) electrons. The lowest BCUT2D eigenvalue weighted by Crippen LogP contribution is -2.23. The van der Waals surface area contributed by atoms with Gasteiger partial charge in [0.25, 0.3) is 5.56 Å². The number of rotatable bonds is 6. The molecule has 28 heavy (non-hydrogen) atoms. The van der Waals surface area contributed by atoms with Crippen molar-refractivity contribution in [2.45, 2.75) is 0 Å². The van der Waals surface area contributed by atoms with E-state index in [0.29, 0.717) is 27.7 Å². The van der Waals surface area contributed by atoms with Crippen LogP contribution in [-0.2, 0) is 0 Å². The van der Waals surface area contributed by atoms with Crippen molar-refractivity contribution in [1.82, 2.24) is 14.6 Å². The van der Waals surface area contributed by atoms with Gasteiger partial charge in [0.1, 0.15) is 18.1 Å². The Bertz CT molecular complexity index is 1240. The molecule has 4 rings (SSSR count). The van der Waals surface area contributed by atoms with Crippen LogP contribution in [0.2, 0.25) is 0 Å². The first kappa shape index (κ1) is 17.9. The summed E-state index contributed by atoms with van der Waals surface area (Å²) < 4.78 is 12.7. The van der Waals surface area contributed by atoms with E-state index < -0.39 is 0 Å². The number of para-hydroxylation sites is 1. The highest BCUT2D eigenvalue weighted by Crippen LogP contribution is 2.27. The zero-order valence-corrected chi connectivity index (χ0v) is 16.0. The quantitative estimate of drug-likeness (QED) is 0.473. The van der Waals surface area contributed by atoms with Gasteiger partial charge in [0.05, 0.1) is 17.2 Å². The summed E-state index contributed by atoms with van der Waals surface area (Å²) in [6.07, 6.45) is 3.51. The highest BCUT2D eigenvalue weighted by molar-refractivity contribution is 7.15. The lowest BCUT2D eigenvalue weighted by molar-refractivity contribution is 0.363. The largest absolute Gasteiger partial charge is 0.496 e. The molecule has 0 aliphatic rings. The van der Waals surface area contributed by atoms with Crippen LogP contribution in [0.1, 0.15) is 5.56 Å². The number of aromatic nitrogens is 3. The molecule has 0 unspecified atom stereocenters. The van der Waals surface area contributed by atoms with E-state index in [-0.39, 0.29) is 5.56 Å². The summed E-state index contributed by atoms with van der Waals surface area (Å²) >= 11 is 1.30. The Labute approximate surface area is 165 Å². The Morgan fingerprint density at radius 2 is 1.96 bits per heavy atom. The Morgan fingerprint density at radius 1 is 1.18 bits per heavy atom. The van der Waals surface area contributed by atoms with E-state index in [1.807, 2.05) is 54.6 Å². The van der Waals surface area contributed by atoms with Crippen LogP contribution < -0.4 is 19.6 Å². The molecule has 7 heteroatoms. The predicted octanol–water partition coefficient (Wildman–Crippen LogP) is 2.94.